The lowest BCUT2D eigenvalue weighted by Gasteiger charge is -2.43. The minimum atomic E-state index is -4.74. The van der Waals surface area contributed by atoms with Gasteiger partial charge in [0.2, 0.25) is 0 Å². The summed E-state index contributed by atoms with van der Waals surface area (Å²) in [7, 11) is 1.89. The van der Waals surface area contributed by atoms with Gasteiger partial charge in [0.05, 0.1) is 11.1 Å². The Bertz CT molecular complexity index is 1010. The van der Waals surface area contributed by atoms with E-state index in [1.807, 2.05) is 19.2 Å². The van der Waals surface area contributed by atoms with Crippen molar-refractivity contribution in [1.29, 1.82) is 0 Å². The smallest absolute Gasteiger partial charge is 0.381 e. The summed E-state index contributed by atoms with van der Waals surface area (Å²) in [4.78, 5) is 2.38. The zero-order valence-corrected chi connectivity index (χ0v) is 18.5. The predicted octanol–water partition coefficient (Wildman–Crippen LogP) is 6.04. The number of likely N-dealkylation sites (N-methyl/N-ethyl adjacent to an activating group) is 1. The van der Waals surface area contributed by atoms with Crippen LogP contribution in [-0.4, -0.2) is 26.7 Å². The largest absolute Gasteiger partial charge is 0.416 e. The standard InChI is InChI=1S/C24H27F6N3/c1-14-13-33-7-3-4-15-9-18(10-19(22(15)33)20(14)12-31-2)32-11-16-8-17(23(25,26)27)5-6-21(16)24(28,29)30/h5-6,8-10,14,20,31-32H,3-4,7,11-13H2,1-2H3. The molecule has 2 aromatic rings. The van der Waals surface area contributed by atoms with E-state index in [4.69, 9.17) is 0 Å². The highest BCUT2D eigenvalue weighted by atomic mass is 19.4. The number of nitrogens with zero attached hydrogens (tertiary/aromatic N) is 1. The fourth-order valence-corrected chi connectivity index (χ4v) is 5.14. The molecule has 4 rings (SSSR count). The van der Waals surface area contributed by atoms with E-state index in [0.29, 0.717) is 29.8 Å². The third-order valence-electron chi connectivity index (χ3n) is 6.65. The number of rotatable bonds is 5. The molecule has 0 saturated heterocycles. The number of halogens is 6. The summed E-state index contributed by atoms with van der Waals surface area (Å²) in [5.74, 6) is 0.644. The van der Waals surface area contributed by atoms with Gasteiger partial charge in [-0.3, -0.25) is 0 Å². The summed E-state index contributed by atoms with van der Waals surface area (Å²) in [6.07, 6.45) is -7.59. The Balaban J connectivity index is 1.69. The number of benzene rings is 2. The molecule has 0 spiro atoms. The van der Waals surface area contributed by atoms with E-state index >= 15 is 0 Å². The average molecular weight is 471 g/mol. The third kappa shape index (κ3) is 4.78. The molecule has 2 heterocycles. The normalized spacial score (nSPS) is 20.5. The van der Waals surface area contributed by atoms with Gasteiger partial charge in [0.1, 0.15) is 0 Å². The summed E-state index contributed by atoms with van der Waals surface area (Å²) in [5.41, 5.74) is 1.54. The highest BCUT2D eigenvalue weighted by Gasteiger charge is 2.37. The molecule has 2 unspecified atom stereocenters. The zero-order chi connectivity index (χ0) is 24.0. The van der Waals surface area contributed by atoms with Crippen molar-refractivity contribution in [3.05, 3.63) is 58.1 Å². The fourth-order valence-electron chi connectivity index (χ4n) is 5.14. The van der Waals surface area contributed by atoms with Gasteiger partial charge in [0, 0.05) is 43.5 Å². The molecule has 0 bridgehead atoms. The van der Waals surface area contributed by atoms with Crippen molar-refractivity contribution in [3.63, 3.8) is 0 Å². The molecule has 0 amide bonds. The number of anilines is 2. The topological polar surface area (TPSA) is 27.3 Å². The maximum atomic E-state index is 13.5. The van der Waals surface area contributed by atoms with Gasteiger partial charge in [0.15, 0.2) is 0 Å². The summed E-state index contributed by atoms with van der Waals surface area (Å²) in [5, 5.41) is 6.22. The van der Waals surface area contributed by atoms with Crippen LogP contribution in [0.2, 0.25) is 0 Å². The van der Waals surface area contributed by atoms with Gasteiger partial charge in [-0.25, -0.2) is 0 Å². The molecule has 2 aromatic carbocycles. The molecule has 0 aromatic heterocycles. The van der Waals surface area contributed by atoms with E-state index in [0.717, 1.165) is 43.6 Å². The summed E-state index contributed by atoms with van der Waals surface area (Å²) < 4.78 is 79.8. The monoisotopic (exact) mass is 471 g/mol. The van der Waals surface area contributed by atoms with E-state index in [2.05, 4.69) is 22.5 Å². The van der Waals surface area contributed by atoms with Gasteiger partial charge < -0.3 is 15.5 Å². The van der Waals surface area contributed by atoms with E-state index < -0.39 is 29.0 Å². The van der Waals surface area contributed by atoms with Gasteiger partial charge in [-0.2, -0.15) is 26.3 Å². The molecule has 2 N–H and O–H groups in total. The first kappa shape index (κ1) is 23.7. The zero-order valence-electron chi connectivity index (χ0n) is 18.5. The third-order valence-corrected chi connectivity index (χ3v) is 6.65. The number of hydrogen-bond donors (Lipinski definition) is 2. The Morgan fingerprint density at radius 3 is 2.45 bits per heavy atom. The lowest BCUT2D eigenvalue weighted by molar-refractivity contribution is -0.141. The van der Waals surface area contributed by atoms with Crippen LogP contribution in [-0.2, 0) is 25.3 Å². The molecule has 33 heavy (non-hydrogen) atoms. The molecule has 3 nitrogen and oxygen atoms in total. The van der Waals surface area contributed by atoms with Gasteiger partial charge >= 0.3 is 12.4 Å². The maximum Gasteiger partial charge on any atom is 0.416 e. The minimum Gasteiger partial charge on any atom is -0.381 e. The first-order valence-electron chi connectivity index (χ1n) is 11.1. The number of aryl methyl sites for hydroxylation is 1. The Morgan fingerprint density at radius 2 is 1.79 bits per heavy atom. The van der Waals surface area contributed by atoms with Gasteiger partial charge in [-0.05, 0) is 72.8 Å². The van der Waals surface area contributed by atoms with Gasteiger partial charge in [0.25, 0.3) is 0 Å². The Hall–Kier alpha value is -2.42. The number of hydrogen-bond acceptors (Lipinski definition) is 3. The Labute approximate surface area is 189 Å². The lowest BCUT2D eigenvalue weighted by atomic mass is 9.79. The summed E-state index contributed by atoms with van der Waals surface area (Å²) >= 11 is 0. The molecular weight excluding hydrogens is 444 g/mol. The molecule has 9 heteroatoms. The maximum absolute atomic E-state index is 13.5. The molecule has 0 saturated carbocycles. The SMILES string of the molecule is CNCC1c2cc(NCc3cc(C(F)(F)F)ccc3C(F)(F)F)cc3c2N(CCC3)CC1C. The lowest BCUT2D eigenvalue weighted by Crippen LogP contribution is -2.42. The van der Waals surface area contributed by atoms with E-state index in [9.17, 15) is 26.3 Å². The van der Waals surface area contributed by atoms with Gasteiger partial charge in [-0.1, -0.05) is 6.92 Å². The van der Waals surface area contributed by atoms with Gasteiger partial charge in [-0.15, -0.1) is 0 Å². The number of alkyl halides is 6. The highest BCUT2D eigenvalue weighted by Crippen LogP contribution is 2.44. The molecule has 2 aliphatic heterocycles. The Kier molecular flexibility index (Phi) is 6.28. The van der Waals surface area contributed by atoms with Crippen molar-refractivity contribution in [2.75, 3.05) is 36.9 Å². The van der Waals surface area contributed by atoms with Crippen molar-refractivity contribution in [2.24, 2.45) is 5.92 Å². The van der Waals surface area contributed by atoms with Crippen LogP contribution in [0.5, 0.6) is 0 Å². The second-order valence-electron chi connectivity index (χ2n) is 8.99. The van der Waals surface area contributed by atoms with Crippen LogP contribution in [0.25, 0.3) is 0 Å². The van der Waals surface area contributed by atoms with Crippen molar-refractivity contribution < 1.29 is 26.3 Å². The second-order valence-corrected chi connectivity index (χ2v) is 8.99. The summed E-state index contributed by atoms with van der Waals surface area (Å²) in [6.45, 7) is 4.54. The molecular formula is C24H27F6N3. The minimum absolute atomic E-state index is 0.249. The molecule has 0 radical (unpaired) electrons. The van der Waals surface area contributed by atoms with E-state index in [-0.39, 0.29) is 12.5 Å². The van der Waals surface area contributed by atoms with Crippen LogP contribution < -0.4 is 15.5 Å². The van der Waals surface area contributed by atoms with Crippen molar-refractivity contribution in [3.8, 4) is 0 Å². The average Bonchev–Trinajstić information content (AvgIpc) is 2.73. The molecule has 0 aliphatic carbocycles. The quantitative estimate of drug-likeness (QED) is 0.521. The summed E-state index contributed by atoms with van der Waals surface area (Å²) in [6, 6.07) is 5.46. The first-order chi connectivity index (χ1) is 15.5. The molecule has 180 valence electrons. The van der Waals surface area contributed by atoms with Crippen LogP contribution in [0.1, 0.15) is 47.1 Å². The molecule has 2 atom stereocenters. The predicted molar refractivity (Wildman–Crippen MR) is 117 cm³/mol. The van der Waals surface area contributed by atoms with Crippen LogP contribution >= 0.6 is 0 Å². The van der Waals surface area contributed by atoms with Crippen molar-refractivity contribution >= 4 is 11.4 Å². The van der Waals surface area contributed by atoms with Crippen molar-refractivity contribution in [1.82, 2.24) is 5.32 Å². The van der Waals surface area contributed by atoms with E-state index in [1.165, 1.54) is 5.69 Å². The highest BCUT2D eigenvalue weighted by molar-refractivity contribution is 5.70. The molecule has 2 aliphatic rings. The molecule has 0 fully saturated rings. The van der Waals surface area contributed by atoms with E-state index in [1.54, 1.807) is 0 Å². The second kappa shape index (κ2) is 8.74. The first-order valence-corrected chi connectivity index (χ1v) is 11.1. The van der Waals surface area contributed by atoms with Crippen LogP contribution in [0.15, 0.2) is 30.3 Å². The van der Waals surface area contributed by atoms with Crippen LogP contribution in [0, 0.1) is 5.92 Å². The Morgan fingerprint density at radius 1 is 1.03 bits per heavy atom. The van der Waals surface area contributed by atoms with Crippen LogP contribution in [0.4, 0.5) is 37.7 Å². The van der Waals surface area contributed by atoms with Crippen molar-refractivity contribution in [2.45, 2.75) is 44.6 Å². The number of nitrogens with one attached hydrogen (secondary N) is 2. The fraction of sp³-hybridized carbons (Fsp3) is 0.500. The van der Waals surface area contributed by atoms with Crippen LogP contribution in [0.3, 0.4) is 0 Å².